The Balaban J connectivity index is 0.000000399. The van der Waals surface area contributed by atoms with Gasteiger partial charge in [-0.1, -0.05) is 38.1 Å². The van der Waals surface area contributed by atoms with Crippen LogP contribution in [0.3, 0.4) is 0 Å². The van der Waals surface area contributed by atoms with Gasteiger partial charge in [0.1, 0.15) is 0 Å². The molecule has 1 rings (SSSR count). The maximum Gasteiger partial charge on any atom is 0.470 e. The summed E-state index contributed by atoms with van der Waals surface area (Å²) >= 11 is 0. The second-order valence-electron chi connectivity index (χ2n) is 3.69. The summed E-state index contributed by atoms with van der Waals surface area (Å²) in [4.78, 5) is 20.3. The number of amides is 1. The first-order valence-corrected chi connectivity index (χ1v) is 5.71. The standard InChI is InChI=1S/C11H14O.C2H2F3NO/c1-3-9-5-7-10(8-6-9)11(12)4-2;3-2(4,5)1(6)7/h5-8H,3-4H2,1-2H3;(H2,6,7). The van der Waals surface area contributed by atoms with Crippen LogP contribution >= 0.6 is 0 Å². The number of alkyl halides is 3. The van der Waals surface area contributed by atoms with Gasteiger partial charge in [-0.15, -0.1) is 0 Å². The van der Waals surface area contributed by atoms with Crippen molar-refractivity contribution >= 4 is 11.7 Å². The molecule has 0 aliphatic heterocycles. The lowest BCUT2D eigenvalue weighted by Gasteiger charge is -1.99. The molecule has 0 heterocycles. The van der Waals surface area contributed by atoms with Crippen molar-refractivity contribution < 1.29 is 22.8 Å². The van der Waals surface area contributed by atoms with E-state index in [0.717, 1.165) is 12.0 Å². The molecule has 1 aromatic carbocycles. The van der Waals surface area contributed by atoms with E-state index in [2.05, 4.69) is 12.7 Å². The maximum absolute atomic E-state index is 11.2. The van der Waals surface area contributed by atoms with Gasteiger partial charge in [0.25, 0.3) is 0 Å². The van der Waals surface area contributed by atoms with E-state index in [4.69, 9.17) is 4.79 Å². The van der Waals surface area contributed by atoms with E-state index in [-0.39, 0.29) is 5.78 Å². The molecule has 106 valence electrons. The Morgan fingerprint density at radius 1 is 1.11 bits per heavy atom. The number of nitrogens with two attached hydrogens (primary N) is 1. The highest BCUT2D eigenvalue weighted by Crippen LogP contribution is 2.11. The molecule has 0 unspecified atom stereocenters. The number of aryl methyl sites for hydroxylation is 1. The number of ketones is 1. The quantitative estimate of drug-likeness (QED) is 0.862. The van der Waals surface area contributed by atoms with E-state index in [0.29, 0.717) is 6.42 Å². The Morgan fingerprint density at radius 2 is 1.53 bits per heavy atom. The molecule has 1 amide bonds. The molecule has 0 saturated carbocycles. The lowest BCUT2D eigenvalue weighted by atomic mass is 10.1. The monoisotopic (exact) mass is 275 g/mol. The normalized spacial score (nSPS) is 10.4. The number of halogens is 3. The van der Waals surface area contributed by atoms with Crippen LogP contribution in [0.25, 0.3) is 0 Å². The van der Waals surface area contributed by atoms with Crippen molar-refractivity contribution in [3.05, 3.63) is 35.4 Å². The Labute approximate surface area is 109 Å². The van der Waals surface area contributed by atoms with Gasteiger partial charge in [-0.25, -0.2) is 0 Å². The fraction of sp³-hybridized carbons (Fsp3) is 0.385. The summed E-state index contributed by atoms with van der Waals surface area (Å²) in [5.74, 6) is -2.04. The van der Waals surface area contributed by atoms with Crippen LogP contribution in [0.5, 0.6) is 0 Å². The minimum atomic E-state index is -4.86. The molecular weight excluding hydrogens is 259 g/mol. The zero-order chi connectivity index (χ0) is 15.1. The SMILES string of the molecule is CCC(=O)c1ccc(CC)cc1.NC(=O)C(F)(F)F. The lowest BCUT2D eigenvalue weighted by Crippen LogP contribution is -2.30. The molecule has 0 saturated heterocycles. The number of carbonyl (C=O) groups excluding carboxylic acids is 2. The van der Waals surface area contributed by atoms with Gasteiger partial charge in [0.15, 0.2) is 5.78 Å². The predicted octanol–water partition coefficient (Wildman–Crippen LogP) is 2.88. The molecule has 0 aromatic heterocycles. The summed E-state index contributed by atoms with van der Waals surface area (Å²) in [6, 6.07) is 7.85. The van der Waals surface area contributed by atoms with Crippen molar-refractivity contribution in [3.8, 4) is 0 Å². The first-order valence-electron chi connectivity index (χ1n) is 5.71. The average Bonchev–Trinajstić information content (AvgIpc) is 2.37. The molecule has 0 atom stereocenters. The van der Waals surface area contributed by atoms with Crippen LogP contribution in [-0.2, 0) is 11.2 Å². The van der Waals surface area contributed by atoms with Gasteiger partial charge in [-0.3, -0.25) is 9.59 Å². The summed E-state index contributed by atoms with van der Waals surface area (Å²) in [5, 5.41) is 0. The van der Waals surface area contributed by atoms with Crippen molar-refractivity contribution in [1.82, 2.24) is 0 Å². The van der Waals surface area contributed by atoms with Crippen LogP contribution in [-0.4, -0.2) is 17.9 Å². The molecule has 2 N–H and O–H groups in total. The van der Waals surface area contributed by atoms with Crippen LogP contribution in [0.2, 0.25) is 0 Å². The van der Waals surface area contributed by atoms with Gasteiger partial charge in [-0.05, 0) is 12.0 Å². The van der Waals surface area contributed by atoms with E-state index >= 15 is 0 Å². The van der Waals surface area contributed by atoms with Gasteiger partial charge in [0.05, 0.1) is 0 Å². The fourth-order valence-electron chi connectivity index (χ4n) is 1.13. The molecule has 6 heteroatoms. The molecule has 0 spiro atoms. The van der Waals surface area contributed by atoms with E-state index in [1.54, 1.807) is 0 Å². The largest absolute Gasteiger partial charge is 0.470 e. The van der Waals surface area contributed by atoms with Crippen molar-refractivity contribution in [2.24, 2.45) is 5.73 Å². The van der Waals surface area contributed by atoms with Crippen molar-refractivity contribution in [1.29, 1.82) is 0 Å². The minimum absolute atomic E-state index is 0.220. The molecule has 0 aliphatic rings. The van der Waals surface area contributed by atoms with Crippen LogP contribution in [0.1, 0.15) is 36.2 Å². The van der Waals surface area contributed by atoms with Gasteiger partial charge >= 0.3 is 12.1 Å². The summed E-state index contributed by atoms with van der Waals surface area (Å²) in [6.45, 7) is 3.99. The molecule has 0 bridgehead atoms. The summed E-state index contributed by atoms with van der Waals surface area (Å²) in [5.41, 5.74) is 5.91. The summed E-state index contributed by atoms with van der Waals surface area (Å²) in [7, 11) is 0. The third-order valence-electron chi connectivity index (χ3n) is 2.28. The van der Waals surface area contributed by atoms with Crippen molar-refractivity contribution in [2.75, 3.05) is 0 Å². The van der Waals surface area contributed by atoms with Crippen LogP contribution in [0, 0.1) is 0 Å². The average molecular weight is 275 g/mol. The van der Waals surface area contributed by atoms with E-state index in [1.165, 1.54) is 5.56 Å². The predicted molar refractivity (Wildman–Crippen MR) is 65.7 cm³/mol. The minimum Gasteiger partial charge on any atom is -0.362 e. The molecule has 1 aromatic rings. The Bertz CT molecular complexity index is 425. The zero-order valence-electron chi connectivity index (χ0n) is 10.8. The fourth-order valence-corrected chi connectivity index (χ4v) is 1.13. The number of primary amides is 1. The summed E-state index contributed by atoms with van der Waals surface area (Å²) in [6.07, 6.45) is -3.24. The number of hydrogen-bond donors (Lipinski definition) is 1. The van der Waals surface area contributed by atoms with Gasteiger partial charge in [-0.2, -0.15) is 13.2 Å². The zero-order valence-corrected chi connectivity index (χ0v) is 10.8. The molecular formula is C13H16F3NO2. The topological polar surface area (TPSA) is 60.2 Å². The lowest BCUT2D eigenvalue weighted by molar-refractivity contribution is -0.169. The van der Waals surface area contributed by atoms with Crippen LogP contribution < -0.4 is 5.73 Å². The number of hydrogen-bond acceptors (Lipinski definition) is 2. The highest BCUT2D eigenvalue weighted by molar-refractivity contribution is 5.95. The molecule has 0 radical (unpaired) electrons. The third-order valence-corrected chi connectivity index (χ3v) is 2.28. The van der Waals surface area contributed by atoms with Crippen LogP contribution in [0.4, 0.5) is 13.2 Å². The van der Waals surface area contributed by atoms with Gasteiger partial charge in [0, 0.05) is 12.0 Å². The second-order valence-corrected chi connectivity index (χ2v) is 3.69. The number of carbonyl (C=O) groups is 2. The molecule has 3 nitrogen and oxygen atoms in total. The number of benzene rings is 1. The van der Waals surface area contributed by atoms with Gasteiger partial charge < -0.3 is 5.73 Å². The van der Waals surface area contributed by atoms with Gasteiger partial charge in [0.2, 0.25) is 0 Å². The highest BCUT2D eigenvalue weighted by Gasteiger charge is 2.35. The van der Waals surface area contributed by atoms with E-state index in [9.17, 15) is 18.0 Å². The van der Waals surface area contributed by atoms with E-state index in [1.807, 2.05) is 31.2 Å². The molecule has 0 aliphatic carbocycles. The van der Waals surface area contributed by atoms with Crippen molar-refractivity contribution in [2.45, 2.75) is 32.9 Å². The Morgan fingerprint density at radius 3 is 1.79 bits per heavy atom. The van der Waals surface area contributed by atoms with Crippen molar-refractivity contribution in [3.63, 3.8) is 0 Å². The third kappa shape index (κ3) is 6.59. The Hall–Kier alpha value is -1.85. The Kier molecular flexibility index (Phi) is 6.82. The number of Topliss-reactive ketones (excluding diaryl/α,β-unsaturated/α-hetero) is 1. The molecule has 19 heavy (non-hydrogen) atoms. The first-order chi connectivity index (χ1) is 8.72. The smallest absolute Gasteiger partial charge is 0.362 e. The highest BCUT2D eigenvalue weighted by atomic mass is 19.4. The van der Waals surface area contributed by atoms with E-state index < -0.39 is 12.1 Å². The first kappa shape index (κ1) is 17.2. The summed E-state index contributed by atoms with van der Waals surface area (Å²) < 4.78 is 32.1. The number of rotatable bonds is 3. The molecule has 0 fully saturated rings. The van der Waals surface area contributed by atoms with Crippen LogP contribution in [0.15, 0.2) is 24.3 Å². The second kappa shape index (κ2) is 7.56. The maximum atomic E-state index is 11.2.